The van der Waals surface area contributed by atoms with Crippen LogP contribution in [0.1, 0.15) is 63.4 Å². The van der Waals surface area contributed by atoms with Gasteiger partial charge in [0.15, 0.2) is 0 Å². The molecule has 0 radical (unpaired) electrons. The number of halogens is 1. The lowest BCUT2D eigenvalue weighted by molar-refractivity contribution is 0.428. The molecule has 1 N–H and O–H groups in total. The van der Waals surface area contributed by atoms with Crippen LogP contribution in [0.25, 0.3) is 0 Å². The Morgan fingerprint density at radius 3 is 2.50 bits per heavy atom. The van der Waals surface area contributed by atoms with Crippen LogP contribution in [0.3, 0.4) is 0 Å². The van der Waals surface area contributed by atoms with Crippen molar-refractivity contribution in [3.63, 3.8) is 0 Å². The molecule has 0 amide bonds. The van der Waals surface area contributed by atoms with Crippen LogP contribution >= 0.6 is 15.9 Å². The maximum Gasteiger partial charge on any atom is 0.144 e. The largest absolute Gasteiger partial charge is 0.369 e. The number of nitrogens with zero attached hydrogens (tertiary/aromatic N) is 2. The zero-order chi connectivity index (χ0) is 13.0. The second-order valence-corrected chi connectivity index (χ2v) is 5.70. The molecule has 0 aromatic carbocycles. The molecule has 1 fully saturated rings. The first kappa shape index (κ1) is 13.8. The number of anilines is 1. The number of rotatable bonds is 4. The first-order valence-corrected chi connectivity index (χ1v) is 7.85. The number of aromatic nitrogens is 2. The molecule has 1 aliphatic rings. The molecule has 0 saturated heterocycles. The summed E-state index contributed by atoms with van der Waals surface area (Å²) in [5, 5.41) is 3.33. The van der Waals surface area contributed by atoms with E-state index in [1.54, 1.807) is 0 Å². The van der Waals surface area contributed by atoms with Crippen molar-refractivity contribution in [2.45, 2.75) is 58.3 Å². The van der Waals surface area contributed by atoms with E-state index in [-0.39, 0.29) is 0 Å². The third-order valence-corrected chi connectivity index (χ3v) is 4.42. The maximum atomic E-state index is 4.76. The van der Waals surface area contributed by atoms with Crippen LogP contribution in [0.2, 0.25) is 0 Å². The third-order valence-electron chi connectivity index (χ3n) is 3.59. The summed E-state index contributed by atoms with van der Waals surface area (Å²) >= 11 is 3.61. The second-order valence-electron chi connectivity index (χ2n) is 4.91. The lowest BCUT2D eigenvalue weighted by Crippen LogP contribution is -2.13. The topological polar surface area (TPSA) is 37.8 Å². The van der Waals surface area contributed by atoms with Gasteiger partial charge >= 0.3 is 0 Å². The Morgan fingerprint density at radius 2 is 1.89 bits per heavy atom. The molecule has 0 unspecified atom stereocenters. The summed E-state index contributed by atoms with van der Waals surface area (Å²) in [4.78, 5) is 9.48. The quantitative estimate of drug-likeness (QED) is 0.901. The van der Waals surface area contributed by atoms with Gasteiger partial charge in [0, 0.05) is 12.5 Å². The normalized spacial score (nSPS) is 16.8. The molecule has 0 aliphatic heterocycles. The van der Waals surface area contributed by atoms with Crippen molar-refractivity contribution in [2.75, 3.05) is 11.9 Å². The Hall–Kier alpha value is -0.640. The minimum absolute atomic E-state index is 0.564. The zero-order valence-corrected chi connectivity index (χ0v) is 12.9. The maximum absolute atomic E-state index is 4.76. The summed E-state index contributed by atoms with van der Waals surface area (Å²) in [5.41, 5.74) is 1.13. The summed E-state index contributed by atoms with van der Waals surface area (Å²) in [6.45, 7) is 5.14. The molecule has 0 spiro atoms. The van der Waals surface area contributed by atoms with Crippen molar-refractivity contribution < 1.29 is 0 Å². The predicted molar refractivity (Wildman–Crippen MR) is 79.1 cm³/mol. The molecule has 2 rings (SSSR count). The zero-order valence-electron chi connectivity index (χ0n) is 11.3. The van der Waals surface area contributed by atoms with E-state index in [9.17, 15) is 0 Å². The standard InChI is InChI=1S/C14H22BrN3/c1-3-11-12(15)14(16-4-2)18-13(17-11)10-8-6-5-7-9-10/h10H,3-9H2,1-2H3,(H,16,17,18). The Balaban J connectivity index is 2.31. The van der Waals surface area contributed by atoms with Crippen LogP contribution in [0.15, 0.2) is 4.47 Å². The highest BCUT2D eigenvalue weighted by atomic mass is 79.9. The fourth-order valence-corrected chi connectivity index (χ4v) is 3.17. The molecular formula is C14H22BrN3. The number of hydrogen-bond acceptors (Lipinski definition) is 3. The number of hydrogen-bond donors (Lipinski definition) is 1. The highest BCUT2D eigenvalue weighted by Crippen LogP contribution is 2.33. The highest BCUT2D eigenvalue weighted by molar-refractivity contribution is 9.10. The van der Waals surface area contributed by atoms with Crippen molar-refractivity contribution in [1.29, 1.82) is 0 Å². The lowest BCUT2D eigenvalue weighted by Gasteiger charge is -2.22. The van der Waals surface area contributed by atoms with Crippen molar-refractivity contribution in [3.8, 4) is 0 Å². The molecule has 1 aromatic heterocycles. The van der Waals surface area contributed by atoms with E-state index < -0.39 is 0 Å². The molecule has 100 valence electrons. The predicted octanol–water partition coefficient (Wildman–Crippen LogP) is 4.28. The molecule has 4 heteroatoms. The molecule has 1 saturated carbocycles. The molecule has 1 aromatic rings. The molecule has 18 heavy (non-hydrogen) atoms. The summed E-state index contributed by atoms with van der Waals surface area (Å²) in [6.07, 6.45) is 7.45. The van der Waals surface area contributed by atoms with E-state index in [0.717, 1.165) is 34.8 Å². The van der Waals surface area contributed by atoms with E-state index in [0.29, 0.717) is 5.92 Å². The average molecular weight is 312 g/mol. The van der Waals surface area contributed by atoms with E-state index in [1.807, 2.05) is 0 Å². The summed E-state index contributed by atoms with van der Waals surface area (Å²) in [5.74, 6) is 2.57. The Labute approximate surface area is 118 Å². The highest BCUT2D eigenvalue weighted by Gasteiger charge is 2.20. The second kappa shape index (κ2) is 6.50. The molecular weight excluding hydrogens is 290 g/mol. The van der Waals surface area contributed by atoms with Gasteiger partial charge < -0.3 is 5.32 Å². The Morgan fingerprint density at radius 1 is 1.17 bits per heavy atom. The SMILES string of the molecule is CCNc1nc(C2CCCCC2)nc(CC)c1Br. The van der Waals surface area contributed by atoms with Crippen LogP contribution in [-0.4, -0.2) is 16.5 Å². The van der Waals surface area contributed by atoms with Gasteiger partial charge in [0.2, 0.25) is 0 Å². The molecule has 1 aliphatic carbocycles. The number of aryl methyl sites for hydroxylation is 1. The van der Waals surface area contributed by atoms with Gasteiger partial charge in [-0.3, -0.25) is 0 Å². The van der Waals surface area contributed by atoms with Crippen LogP contribution in [-0.2, 0) is 6.42 Å². The minimum Gasteiger partial charge on any atom is -0.369 e. The molecule has 0 bridgehead atoms. The van der Waals surface area contributed by atoms with Crippen molar-refractivity contribution in [3.05, 3.63) is 16.0 Å². The van der Waals surface area contributed by atoms with Crippen LogP contribution in [0.5, 0.6) is 0 Å². The smallest absolute Gasteiger partial charge is 0.144 e. The first-order valence-electron chi connectivity index (χ1n) is 7.06. The van der Waals surface area contributed by atoms with Gasteiger partial charge in [-0.15, -0.1) is 0 Å². The van der Waals surface area contributed by atoms with Crippen molar-refractivity contribution in [1.82, 2.24) is 9.97 Å². The van der Waals surface area contributed by atoms with Crippen LogP contribution in [0.4, 0.5) is 5.82 Å². The van der Waals surface area contributed by atoms with Gasteiger partial charge in [0.05, 0.1) is 10.2 Å². The first-order chi connectivity index (χ1) is 8.76. The number of nitrogens with one attached hydrogen (secondary N) is 1. The van der Waals surface area contributed by atoms with Crippen molar-refractivity contribution >= 4 is 21.7 Å². The van der Waals surface area contributed by atoms with Gasteiger partial charge in [0.25, 0.3) is 0 Å². The van der Waals surface area contributed by atoms with E-state index >= 15 is 0 Å². The van der Waals surface area contributed by atoms with Crippen LogP contribution in [0, 0.1) is 0 Å². The average Bonchev–Trinajstić information content (AvgIpc) is 2.42. The van der Waals surface area contributed by atoms with E-state index in [4.69, 9.17) is 9.97 Å². The van der Waals surface area contributed by atoms with Gasteiger partial charge in [-0.25, -0.2) is 9.97 Å². The monoisotopic (exact) mass is 311 g/mol. The van der Waals surface area contributed by atoms with Crippen LogP contribution < -0.4 is 5.32 Å². The van der Waals surface area contributed by atoms with Crippen molar-refractivity contribution in [2.24, 2.45) is 0 Å². The molecule has 3 nitrogen and oxygen atoms in total. The Kier molecular flexibility index (Phi) is 4.98. The molecule has 1 heterocycles. The van der Waals surface area contributed by atoms with E-state index in [1.165, 1.54) is 32.1 Å². The summed E-state index contributed by atoms with van der Waals surface area (Å²) < 4.78 is 1.03. The van der Waals surface area contributed by atoms with Gasteiger partial charge in [-0.1, -0.05) is 26.2 Å². The van der Waals surface area contributed by atoms with E-state index in [2.05, 4.69) is 35.1 Å². The minimum atomic E-state index is 0.564. The summed E-state index contributed by atoms with van der Waals surface area (Å²) in [7, 11) is 0. The Bertz CT molecular complexity index is 400. The van der Waals surface area contributed by atoms with Gasteiger partial charge in [-0.2, -0.15) is 0 Å². The third kappa shape index (κ3) is 3.02. The molecule has 0 atom stereocenters. The fraction of sp³-hybridized carbons (Fsp3) is 0.714. The fourth-order valence-electron chi connectivity index (χ4n) is 2.57. The lowest BCUT2D eigenvalue weighted by atomic mass is 9.88. The summed E-state index contributed by atoms with van der Waals surface area (Å²) in [6, 6.07) is 0. The van der Waals surface area contributed by atoms with Gasteiger partial charge in [0.1, 0.15) is 11.6 Å². The van der Waals surface area contributed by atoms with Gasteiger partial charge in [-0.05, 0) is 42.1 Å².